The first kappa shape index (κ1) is 20.4. The van der Waals surface area contributed by atoms with E-state index in [0.29, 0.717) is 13.2 Å². The largest absolute Gasteiger partial charge is 0.368 e. The number of hydrogen-bond donors (Lipinski definition) is 1. The average Bonchev–Trinajstić information content (AvgIpc) is 3.27. The van der Waals surface area contributed by atoms with Crippen LogP contribution in [0.5, 0.6) is 0 Å². The lowest BCUT2D eigenvalue weighted by Gasteiger charge is -2.37. The zero-order chi connectivity index (χ0) is 16.9. The first-order valence-electron chi connectivity index (χ1n) is 8.44. The van der Waals surface area contributed by atoms with Gasteiger partial charge in [-0.3, -0.25) is 9.79 Å². The van der Waals surface area contributed by atoms with Gasteiger partial charge in [0.05, 0.1) is 6.54 Å². The smallest absolute Gasteiger partial charge is 0.251 e. The molecule has 1 unspecified atom stereocenters. The highest BCUT2D eigenvalue weighted by atomic mass is 127. The highest BCUT2D eigenvalue weighted by molar-refractivity contribution is 14.0. The zero-order valence-corrected chi connectivity index (χ0v) is 17.9. The van der Waals surface area contributed by atoms with E-state index in [1.807, 2.05) is 11.8 Å². The molecule has 2 aliphatic heterocycles. The van der Waals surface area contributed by atoms with Crippen molar-refractivity contribution in [3.8, 4) is 0 Å². The molecular weight excluding hydrogens is 453 g/mol. The summed E-state index contributed by atoms with van der Waals surface area (Å²) in [4.78, 5) is 25.3. The Labute approximate surface area is 169 Å². The van der Waals surface area contributed by atoms with Crippen LogP contribution in [0.15, 0.2) is 10.4 Å². The van der Waals surface area contributed by atoms with Gasteiger partial charge in [-0.25, -0.2) is 4.98 Å². The Kier molecular flexibility index (Phi) is 7.88. The molecule has 0 bridgehead atoms. The van der Waals surface area contributed by atoms with Crippen molar-refractivity contribution in [1.29, 1.82) is 0 Å². The van der Waals surface area contributed by atoms with Crippen LogP contribution in [0.25, 0.3) is 0 Å². The number of nitrogens with one attached hydrogen (secondary N) is 1. The maximum Gasteiger partial charge on any atom is 0.251 e. The molecule has 2 saturated heterocycles. The van der Waals surface area contributed by atoms with E-state index in [2.05, 4.69) is 25.6 Å². The van der Waals surface area contributed by atoms with Crippen LogP contribution in [0.3, 0.4) is 0 Å². The van der Waals surface area contributed by atoms with Gasteiger partial charge in [0.15, 0.2) is 5.96 Å². The molecule has 1 aromatic rings. The first-order chi connectivity index (χ1) is 11.7. The van der Waals surface area contributed by atoms with Gasteiger partial charge in [0.2, 0.25) is 0 Å². The molecule has 2 fully saturated rings. The van der Waals surface area contributed by atoms with E-state index in [1.165, 1.54) is 0 Å². The Morgan fingerprint density at radius 3 is 2.68 bits per heavy atom. The number of rotatable bonds is 3. The SMILES string of the molecule is CN=C(NCc1nc(C)cs1)N1CCN(C(=O)C2CCCO2)CC1.I. The van der Waals surface area contributed by atoms with Gasteiger partial charge in [0, 0.05) is 50.9 Å². The Bertz CT molecular complexity index is 595. The third kappa shape index (κ3) is 5.27. The predicted molar refractivity (Wildman–Crippen MR) is 110 cm³/mol. The second-order valence-corrected chi connectivity index (χ2v) is 7.04. The minimum Gasteiger partial charge on any atom is -0.368 e. The van der Waals surface area contributed by atoms with Crippen LogP contribution in [0, 0.1) is 6.92 Å². The molecule has 0 spiro atoms. The number of hydrogen-bond acceptors (Lipinski definition) is 5. The fourth-order valence-corrected chi connectivity index (χ4v) is 3.80. The minimum atomic E-state index is -0.220. The summed E-state index contributed by atoms with van der Waals surface area (Å²) in [7, 11) is 1.79. The van der Waals surface area contributed by atoms with Gasteiger partial charge in [0.1, 0.15) is 11.1 Å². The standard InChI is InChI=1S/C16H25N5O2S.HI/c1-12-11-24-14(19-12)10-18-16(17-2)21-7-5-20(6-8-21)15(22)13-4-3-9-23-13;/h11,13H,3-10H2,1-2H3,(H,17,18);1H. The third-order valence-electron chi connectivity index (χ3n) is 4.37. The van der Waals surface area contributed by atoms with E-state index < -0.39 is 0 Å². The lowest BCUT2D eigenvalue weighted by Crippen LogP contribution is -2.55. The van der Waals surface area contributed by atoms with E-state index >= 15 is 0 Å². The van der Waals surface area contributed by atoms with Gasteiger partial charge in [-0.05, 0) is 19.8 Å². The second kappa shape index (κ2) is 9.67. The second-order valence-electron chi connectivity index (χ2n) is 6.10. The summed E-state index contributed by atoms with van der Waals surface area (Å²) in [5, 5.41) is 6.47. The number of aromatic nitrogens is 1. The van der Waals surface area contributed by atoms with Crippen molar-refractivity contribution < 1.29 is 9.53 Å². The van der Waals surface area contributed by atoms with Crippen LogP contribution in [-0.2, 0) is 16.1 Å². The lowest BCUT2D eigenvalue weighted by molar-refractivity contribution is -0.142. The highest BCUT2D eigenvalue weighted by Gasteiger charge is 2.30. The maximum absolute atomic E-state index is 12.4. The molecular formula is C16H26IN5O2S. The van der Waals surface area contributed by atoms with Gasteiger partial charge in [-0.1, -0.05) is 0 Å². The third-order valence-corrected chi connectivity index (χ3v) is 5.34. The Morgan fingerprint density at radius 2 is 2.12 bits per heavy atom. The quantitative estimate of drug-likeness (QED) is 0.404. The molecule has 3 rings (SSSR count). The predicted octanol–water partition coefficient (Wildman–Crippen LogP) is 1.47. The number of aliphatic imine (C=N–C) groups is 1. The topological polar surface area (TPSA) is 70.1 Å². The van der Waals surface area contributed by atoms with Crippen molar-refractivity contribution in [2.45, 2.75) is 32.4 Å². The summed E-state index contributed by atoms with van der Waals surface area (Å²) in [6, 6.07) is 0. The molecule has 140 valence electrons. The van der Waals surface area contributed by atoms with Crippen LogP contribution < -0.4 is 5.32 Å². The van der Waals surface area contributed by atoms with Gasteiger partial charge in [-0.2, -0.15) is 0 Å². The molecule has 0 saturated carbocycles. The molecule has 0 aliphatic carbocycles. The number of carbonyl (C=O) groups is 1. The van der Waals surface area contributed by atoms with E-state index in [0.717, 1.165) is 55.7 Å². The molecule has 1 atom stereocenters. The summed E-state index contributed by atoms with van der Waals surface area (Å²) in [5.41, 5.74) is 1.05. The van der Waals surface area contributed by atoms with Crippen LogP contribution in [-0.4, -0.2) is 72.6 Å². The summed E-state index contributed by atoms with van der Waals surface area (Å²) in [6.45, 7) is 6.40. The highest BCUT2D eigenvalue weighted by Crippen LogP contribution is 2.16. The summed E-state index contributed by atoms with van der Waals surface area (Å²) in [6.07, 6.45) is 1.63. The first-order valence-corrected chi connectivity index (χ1v) is 9.32. The molecule has 0 radical (unpaired) electrons. The fourth-order valence-electron chi connectivity index (χ4n) is 3.09. The van der Waals surface area contributed by atoms with Crippen molar-refractivity contribution in [3.05, 3.63) is 16.1 Å². The Morgan fingerprint density at radius 1 is 1.40 bits per heavy atom. The molecule has 1 amide bonds. The molecule has 25 heavy (non-hydrogen) atoms. The zero-order valence-electron chi connectivity index (χ0n) is 14.7. The van der Waals surface area contributed by atoms with Crippen molar-refractivity contribution in [2.75, 3.05) is 39.8 Å². The number of ether oxygens (including phenoxy) is 1. The van der Waals surface area contributed by atoms with Crippen LogP contribution in [0.2, 0.25) is 0 Å². The maximum atomic E-state index is 12.4. The number of thiazole rings is 1. The molecule has 2 aliphatic rings. The Hall–Kier alpha value is -0.940. The molecule has 9 heteroatoms. The molecule has 1 aromatic heterocycles. The Balaban J connectivity index is 0.00000225. The minimum absolute atomic E-state index is 0. The monoisotopic (exact) mass is 479 g/mol. The van der Waals surface area contributed by atoms with Gasteiger partial charge < -0.3 is 19.9 Å². The number of nitrogens with zero attached hydrogens (tertiary/aromatic N) is 4. The normalized spacial score (nSPS) is 21.2. The number of aryl methyl sites for hydroxylation is 1. The molecule has 1 N–H and O–H groups in total. The fraction of sp³-hybridized carbons (Fsp3) is 0.688. The number of halogens is 1. The number of amides is 1. The van der Waals surface area contributed by atoms with E-state index in [-0.39, 0.29) is 36.0 Å². The summed E-state index contributed by atoms with van der Waals surface area (Å²) in [5.74, 6) is 1.01. The van der Waals surface area contributed by atoms with Crippen molar-refractivity contribution >= 4 is 47.2 Å². The van der Waals surface area contributed by atoms with Gasteiger partial charge in [0.25, 0.3) is 5.91 Å². The van der Waals surface area contributed by atoms with Crippen LogP contribution in [0.1, 0.15) is 23.5 Å². The lowest BCUT2D eigenvalue weighted by atomic mass is 10.2. The summed E-state index contributed by atoms with van der Waals surface area (Å²) >= 11 is 1.65. The van der Waals surface area contributed by atoms with Gasteiger partial charge in [-0.15, -0.1) is 35.3 Å². The number of piperazine rings is 1. The van der Waals surface area contributed by atoms with Crippen molar-refractivity contribution in [1.82, 2.24) is 20.1 Å². The van der Waals surface area contributed by atoms with Crippen molar-refractivity contribution in [3.63, 3.8) is 0 Å². The molecule has 0 aromatic carbocycles. The van der Waals surface area contributed by atoms with E-state index in [9.17, 15) is 4.79 Å². The molecule has 3 heterocycles. The number of carbonyl (C=O) groups excluding carboxylic acids is 1. The average molecular weight is 479 g/mol. The summed E-state index contributed by atoms with van der Waals surface area (Å²) < 4.78 is 5.51. The van der Waals surface area contributed by atoms with Crippen LogP contribution >= 0.6 is 35.3 Å². The van der Waals surface area contributed by atoms with E-state index in [1.54, 1.807) is 18.4 Å². The number of guanidine groups is 1. The van der Waals surface area contributed by atoms with Gasteiger partial charge >= 0.3 is 0 Å². The van der Waals surface area contributed by atoms with E-state index in [4.69, 9.17) is 4.74 Å². The molecule has 7 nitrogen and oxygen atoms in total. The van der Waals surface area contributed by atoms with Crippen LogP contribution in [0.4, 0.5) is 0 Å². The van der Waals surface area contributed by atoms with Crippen molar-refractivity contribution in [2.24, 2.45) is 4.99 Å².